The summed E-state index contributed by atoms with van der Waals surface area (Å²) in [6.45, 7) is 6.08. The third-order valence-electron chi connectivity index (χ3n) is 7.31. The van der Waals surface area contributed by atoms with Gasteiger partial charge < -0.3 is 29.2 Å². The van der Waals surface area contributed by atoms with Crippen molar-refractivity contribution in [3.63, 3.8) is 0 Å². The van der Waals surface area contributed by atoms with E-state index in [1.165, 1.54) is 14.2 Å². The van der Waals surface area contributed by atoms with Crippen LogP contribution in [0.2, 0.25) is 0 Å². The predicted octanol–water partition coefficient (Wildman–Crippen LogP) is 3.98. The zero-order valence-electron chi connectivity index (χ0n) is 23.0. The Morgan fingerprint density at radius 2 is 1.48 bits per heavy atom. The third-order valence-corrected chi connectivity index (χ3v) is 7.31. The van der Waals surface area contributed by atoms with Gasteiger partial charge in [0.2, 0.25) is 0 Å². The molecule has 0 radical (unpaired) electrons. The summed E-state index contributed by atoms with van der Waals surface area (Å²) < 4.78 is 21.5. The molecule has 0 saturated heterocycles. The number of aryl methyl sites for hydroxylation is 2. The number of carbonyl (C=O) groups is 3. The van der Waals surface area contributed by atoms with E-state index in [0.717, 1.165) is 27.8 Å². The molecule has 2 aliphatic rings. The molecule has 40 heavy (non-hydrogen) atoms. The first kappa shape index (κ1) is 27.2. The highest BCUT2D eigenvalue weighted by atomic mass is 16.5. The van der Waals surface area contributed by atoms with Gasteiger partial charge in [-0.1, -0.05) is 24.3 Å². The Kier molecular flexibility index (Phi) is 7.75. The first-order valence-corrected chi connectivity index (χ1v) is 13.1. The van der Waals surface area contributed by atoms with Crippen LogP contribution in [0.4, 0.5) is 0 Å². The molecule has 3 aromatic rings. The molecule has 3 aromatic carbocycles. The van der Waals surface area contributed by atoms with Crippen LogP contribution >= 0.6 is 0 Å². The van der Waals surface area contributed by atoms with Gasteiger partial charge in [-0.3, -0.25) is 4.79 Å². The number of hydrogen-bond donors (Lipinski definition) is 1. The van der Waals surface area contributed by atoms with Crippen molar-refractivity contribution in [3.8, 4) is 11.5 Å². The van der Waals surface area contributed by atoms with Crippen molar-refractivity contribution in [2.75, 3.05) is 40.5 Å². The maximum absolute atomic E-state index is 13.8. The van der Waals surface area contributed by atoms with E-state index < -0.39 is 11.9 Å². The maximum Gasteiger partial charge on any atom is 0.337 e. The van der Waals surface area contributed by atoms with E-state index in [9.17, 15) is 14.4 Å². The number of benzene rings is 3. The molecule has 1 unspecified atom stereocenters. The fraction of sp³-hybridized carbons (Fsp3) is 0.323. The van der Waals surface area contributed by atoms with Gasteiger partial charge >= 0.3 is 11.9 Å². The zero-order valence-corrected chi connectivity index (χ0v) is 23.0. The van der Waals surface area contributed by atoms with Crippen molar-refractivity contribution in [1.29, 1.82) is 0 Å². The molecule has 5 rings (SSSR count). The highest BCUT2D eigenvalue weighted by Gasteiger charge is 2.27. The van der Waals surface area contributed by atoms with Crippen LogP contribution in [-0.2, 0) is 16.0 Å². The molecule has 0 bridgehead atoms. The number of rotatable bonds is 4. The van der Waals surface area contributed by atoms with Gasteiger partial charge in [0.1, 0.15) is 24.7 Å². The van der Waals surface area contributed by atoms with Gasteiger partial charge in [-0.25, -0.2) is 9.59 Å². The van der Waals surface area contributed by atoms with Crippen molar-refractivity contribution in [1.82, 2.24) is 10.2 Å². The highest BCUT2D eigenvalue weighted by molar-refractivity contribution is 5.97. The van der Waals surface area contributed by atoms with Gasteiger partial charge in [0.25, 0.3) is 5.91 Å². The number of hydrogen-bond acceptors (Lipinski definition) is 8. The number of nitrogens with zero attached hydrogens (tertiary/aromatic N) is 1. The van der Waals surface area contributed by atoms with Crippen LogP contribution in [0.15, 0.2) is 48.5 Å². The Labute approximate surface area is 233 Å². The quantitative estimate of drug-likeness (QED) is 0.492. The molecular weight excluding hydrogens is 512 g/mol. The number of amides is 1. The smallest absolute Gasteiger partial charge is 0.337 e. The SMILES string of the molecule is COC(=O)c1ccc2c(c1)OCCN(C(=O)c1c(C)cc(C3NCCOc4cc(C(=O)OC)ccc43)cc1C)C2. The van der Waals surface area contributed by atoms with Gasteiger partial charge in [0.15, 0.2) is 0 Å². The Balaban J connectivity index is 1.42. The molecule has 2 aliphatic heterocycles. The number of ether oxygens (including phenoxy) is 4. The van der Waals surface area contributed by atoms with Crippen molar-refractivity contribution in [3.05, 3.63) is 93.0 Å². The van der Waals surface area contributed by atoms with Crippen LogP contribution in [-0.4, -0.2) is 63.3 Å². The Morgan fingerprint density at radius 1 is 0.850 bits per heavy atom. The van der Waals surface area contributed by atoms with Crippen molar-refractivity contribution >= 4 is 17.8 Å². The molecule has 0 aromatic heterocycles. The van der Waals surface area contributed by atoms with Crippen LogP contribution < -0.4 is 14.8 Å². The lowest BCUT2D eigenvalue weighted by atomic mass is 9.91. The average Bonchev–Trinajstić information content (AvgIpc) is 3.31. The first-order valence-electron chi connectivity index (χ1n) is 13.1. The number of nitrogens with one attached hydrogen (secondary N) is 1. The minimum atomic E-state index is -0.434. The van der Waals surface area contributed by atoms with Crippen molar-refractivity contribution in [2.24, 2.45) is 0 Å². The summed E-state index contributed by atoms with van der Waals surface area (Å²) >= 11 is 0. The summed E-state index contributed by atoms with van der Waals surface area (Å²) in [6.07, 6.45) is 0. The molecule has 0 aliphatic carbocycles. The normalized spacial score (nSPS) is 16.3. The summed E-state index contributed by atoms with van der Waals surface area (Å²) in [7, 11) is 2.69. The number of carbonyl (C=O) groups excluding carboxylic acids is 3. The van der Waals surface area contributed by atoms with Crippen molar-refractivity contribution in [2.45, 2.75) is 26.4 Å². The summed E-state index contributed by atoms with van der Waals surface area (Å²) in [4.78, 5) is 39.6. The molecule has 1 amide bonds. The average molecular weight is 545 g/mol. The summed E-state index contributed by atoms with van der Waals surface area (Å²) in [5.74, 6) is 0.288. The van der Waals surface area contributed by atoms with Gasteiger partial charge in [-0.2, -0.15) is 0 Å². The topological polar surface area (TPSA) is 103 Å². The van der Waals surface area contributed by atoms with Crippen LogP contribution in [0.5, 0.6) is 11.5 Å². The summed E-state index contributed by atoms with van der Waals surface area (Å²) in [5.41, 5.74) is 5.97. The highest BCUT2D eigenvalue weighted by Crippen LogP contribution is 2.35. The summed E-state index contributed by atoms with van der Waals surface area (Å²) in [5, 5.41) is 3.53. The monoisotopic (exact) mass is 544 g/mol. The van der Waals surface area contributed by atoms with E-state index in [0.29, 0.717) is 61.0 Å². The summed E-state index contributed by atoms with van der Waals surface area (Å²) in [6, 6.07) is 14.4. The van der Waals surface area contributed by atoms with E-state index in [1.54, 1.807) is 35.2 Å². The van der Waals surface area contributed by atoms with Crippen LogP contribution in [0.1, 0.15) is 64.9 Å². The van der Waals surface area contributed by atoms with Crippen molar-refractivity contribution < 1.29 is 33.3 Å². The number of esters is 2. The lowest BCUT2D eigenvalue weighted by molar-refractivity contribution is 0.0591. The van der Waals surface area contributed by atoms with E-state index >= 15 is 0 Å². The van der Waals surface area contributed by atoms with Gasteiger partial charge in [0, 0.05) is 29.8 Å². The second-order valence-corrected chi connectivity index (χ2v) is 9.90. The number of methoxy groups -OCH3 is 2. The second kappa shape index (κ2) is 11.4. The molecular formula is C31H32N2O7. The van der Waals surface area contributed by atoms with Crippen LogP contribution in [0.3, 0.4) is 0 Å². The molecule has 208 valence electrons. The largest absolute Gasteiger partial charge is 0.492 e. The number of fused-ring (bicyclic) bond motifs is 2. The molecule has 9 nitrogen and oxygen atoms in total. The lowest BCUT2D eigenvalue weighted by Crippen LogP contribution is -2.33. The first-order chi connectivity index (χ1) is 19.3. The molecule has 1 atom stereocenters. The third kappa shape index (κ3) is 5.24. The molecule has 9 heteroatoms. The standard InChI is InChI=1S/C31H32N2O7/c1-18-13-23(28-24-8-7-21(31(36)38-4)16-26(24)39-11-9-32-28)14-19(2)27(18)29(34)33-10-12-40-25-15-20(30(35)37-3)5-6-22(25)17-33/h5-8,13-16,28,32H,9-12,17H2,1-4H3. The van der Waals surface area contributed by atoms with Crippen LogP contribution in [0, 0.1) is 13.8 Å². The van der Waals surface area contributed by atoms with E-state index in [2.05, 4.69) is 5.32 Å². The van der Waals surface area contributed by atoms with Crippen LogP contribution in [0.25, 0.3) is 0 Å². The Morgan fingerprint density at radius 3 is 2.15 bits per heavy atom. The van der Waals surface area contributed by atoms with E-state index in [4.69, 9.17) is 18.9 Å². The molecule has 2 heterocycles. The van der Waals surface area contributed by atoms with Gasteiger partial charge in [-0.15, -0.1) is 0 Å². The molecule has 0 spiro atoms. The fourth-order valence-electron chi connectivity index (χ4n) is 5.36. The molecule has 0 fully saturated rings. The Bertz CT molecular complexity index is 1460. The fourth-order valence-corrected chi connectivity index (χ4v) is 5.36. The lowest BCUT2D eigenvalue weighted by Gasteiger charge is -2.24. The molecule has 0 saturated carbocycles. The minimum Gasteiger partial charge on any atom is -0.492 e. The van der Waals surface area contributed by atoms with E-state index in [1.807, 2.05) is 32.0 Å². The van der Waals surface area contributed by atoms with Gasteiger partial charge in [-0.05, 0) is 54.8 Å². The zero-order chi connectivity index (χ0) is 28.4. The Hall–Kier alpha value is -4.37. The predicted molar refractivity (Wildman–Crippen MR) is 147 cm³/mol. The van der Waals surface area contributed by atoms with Gasteiger partial charge in [0.05, 0.1) is 37.9 Å². The minimum absolute atomic E-state index is 0.0738. The maximum atomic E-state index is 13.8. The van der Waals surface area contributed by atoms with E-state index in [-0.39, 0.29) is 11.9 Å². The second-order valence-electron chi connectivity index (χ2n) is 9.90. The molecule has 1 N–H and O–H groups in total.